The van der Waals surface area contributed by atoms with Crippen molar-refractivity contribution in [3.8, 4) is 11.5 Å². The molecule has 7 nitrogen and oxygen atoms in total. The summed E-state index contributed by atoms with van der Waals surface area (Å²) in [5.41, 5.74) is 1.71. The van der Waals surface area contributed by atoms with Crippen LogP contribution in [0.1, 0.15) is 11.1 Å². The van der Waals surface area contributed by atoms with Crippen LogP contribution in [0.2, 0.25) is 0 Å². The molecule has 0 spiro atoms. The fourth-order valence-electron chi connectivity index (χ4n) is 2.48. The van der Waals surface area contributed by atoms with Crippen LogP contribution < -0.4 is 9.46 Å². The van der Waals surface area contributed by atoms with Crippen LogP contribution in [-0.4, -0.2) is 13.3 Å². The molecule has 3 aromatic rings. The third-order valence-corrected chi connectivity index (χ3v) is 5.34. The van der Waals surface area contributed by atoms with E-state index in [0.717, 1.165) is 17.2 Å². The summed E-state index contributed by atoms with van der Waals surface area (Å²) in [6.07, 6.45) is 0. The van der Waals surface area contributed by atoms with Crippen molar-refractivity contribution in [3.63, 3.8) is 0 Å². The van der Waals surface area contributed by atoms with Gasteiger partial charge in [0.05, 0.1) is 21.6 Å². The molecule has 0 bridgehead atoms. The van der Waals surface area contributed by atoms with Crippen LogP contribution in [0.15, 0.2) is 71.6 Å². The molecule has 0 atom stereocenters. The first kappa shape index (κ1) is 19.4. The van der Waals surface area contributed by atoms with Crippen LogP contribution in [0, 0.1) is 24.0 Å². The van der Waals surface area contributed by atoms with Gasteiger partial charge in [0.1, 0.15) is 11.5 Å². The van der Waals surface area contributed by atoms with Crippen molar-refractivity contribution >= 4 is 21.4 Å². The van der Waals surface area contributed by atoms with Gasteiger partial charge >= 0.3 is 0 Å². The number of nitro groups is 1. The van der Waals surface area contributed by atoms with E-state index in [2.05, 4.69) is 4.72 Å². The number of nitrogens with zero attached hydrogens (tertiary/aromatic N) is 1. The summed E-state index contributed by atoms with van der Waals surface area (Å²) in [7, 11) is -3.90. The Hall–Kier alpha value is -3.39. The van der Waals surface area contributed by atoms with E-state index < -0.39 is 14.9 Å². The summed E-state index contributed by atoms with van der Waals surface area (Å²) in [5.74, 6) is 0.637. The smallest absolute Gasteiger partial charge is 0.275 e. The van der Waals surface area contributed by atoms with E-state index in [-0.39, 0.29) is 22.0 Å². The SMILES string of the molecule is Cc1ccc(Oc2cc(NS(=O)(=O)c3ccc(C)cc3)cc([N+](=O)[O-])c2)cc1. The Morgan fingerprint density at radius 2 is 1.43 bits per heavy atom. The first-order valence-corrected chi connectivity index (χ1v) is 9.85. The molecule has 3 rings (SSSR count). The van der Waals surface area contributed by atoms with Gasteiger partial charge in [-0.15, -0.1) is 0 Å². The number of nitrogens with one attached hydrogen (secondary N) is 1. The highest BCUT2D eigenvalue weighted by molar-refractivity contribution is 7.92. The molecule has 1 N–H and O–H groups in total. The fraction of sp³-hybridized carbons (Fsp3) is 0.100. The second-order valence-corrected chi connectivity index (χ2v) is 7.99. The molecule has 0 aliphatic carbocycles. The van der Waals surface area contributed by atoms with E-state index in [1.807, 2.05) is 26.0 Å². The van der Waals surface area contributed by atoms with Crippen molar-refractivity contribution in [1.82, 2.24) is 0 Å². The Kier molecular flexibility index (Phi) is 5.32. The summed E-state index contributed by atoms with van der Waals surface area (Å²) in [4.78, 5) is 10.7. The van der Waals surface area contributed by atoms with E-state index in [1.54, 1.807) is 24.3 Å². The summed E-state index contributed by atoms with van der Waals surface area (Å²) in [6, 6.07) is 17.2. The molecule has 0 saturated heterocycles. The van der Waals surface area contributed by atoms with Gasteiger partial charge in [-0.1, -0.05) is 35.4 Å². The lowest BCUT2D eigenvalue weighted by Gasteiger charge is -2.11. The van der Waals surface area contributed by atoms with Crippen LogP contribution in [0.25, 0.3) is 0 Å². The molecule has 0 amide bonds. The zero-order valence-corrected chi connectivity index (χ0v) is 16.1. The number of aryl methyl sites for hydroxylation is 2. The second-order valence-electron chi connectivity index (χ2n) is 6.31. The Balaban J connectivity index is 1.93. The number of ether oxygens (including phenoxy) is 1. The number of sulfonamides is 1. The zero-order valence-electron chi connectivity index (χ0n) is 15.2. The molecule has 0 heterocycles. The van der Waals surface area contributed by atoms with E-state index in [9.17, 15) is 18.5 Å². The second kappa shape index (κ2) is 7.69. The third kappa shape index (κ3) is 4.66. The van der Waals surface area contributed by atoms with Crippen LogP contribution in [0.4, 0.5) is 11.4 Å². The highest BCUT2D eigenvalue weighted by Crippen LogP contribution is 2.31. The van der Waals surface area contributed by atoms with Gasteiger partial charge in [0.2, 0.25) is 0 Å². The van der Waals surface area contributed by atoms with Crippen molar-refractivity contribution in [2.45, 2.75) is 18.7 Å². The Morgan fingerprint density at radius 3 is 2.00 bits per heavy atom. The standard InChI is InChI=1S/C20H18N2O5S/c1-14-3-7-18(8-4-14)27-19-12-16(11-17(13-19)22(23)24)21-28(25,26)20-9-5-15(2)6-10-20/h3-13,21H,1-2H3. The number of nitro benzene ring substituents is 1. The highest BCUT2D eigenvalue weighted by Gasteiger charge is 2.18. The molecule has 28 heavy (non-hydrogen) atoms. The molecule has 0 radical (unpaired) electrons. The predicted molar refractivity (Wildman–Crippen MR) is 106 cm³/mol. The van der Waals surface area contributed by atoms with Crippen LogP contribution >= 0.6 is 0 Å². The minimum absolute atomic E-state index is 0.0388. The molecular weight excluding hydrogens is 380 g/mol. The van der Waals surface area contributed by atoms with Gasteiger partial charge in [0, 0.05) is 12.1 Å². The van der Waals surface area contributed by atoms with E-state index >= 15 is 0 Å². The van der Waals surface area contributed by atoms with Crippen LogP contribution in [0.3, 0.4) is 0 Å². The van der Waals surface area contributed by atoms with Crippen molar-refractivity contribution in [1.29, 1.82) is 0 Å². The summed E-state index contributed by atoms with van der Waals surface area (Å²) in [6.45, 7) is 3.77. The van der Waals surface area contributed by atoms with E-state index in [4.69, 9.17) is 4.74 Å². The van der Waals surface area contributed by atoms with Gasteiger partial charge in [-0.05, 0) is 38.1 Å². The summed E-state index contributed by atoms with van der Waals surface area (Å²) >= 11 is 0. The lowest BCUT2D eigenvalue weighted by atomic mass is 10.2. The molecule has 3 aromatic carbocycles. The number of benzene rings is 3. The summed E-state index contributed by atoms with van der Waals surface area (Å²) in [5, 5.41) is 11.2. The molecule has 144 valence electrons. The highest BCUT2D eigenvalue weighted by atomic mass is 32.2. The van der Waals surface area contributed by atoms with Crippen LogP contribution in [0.5, 0.6) is 11.5 Å². The van der Waals surface area contributed by atoms with Gasteiger partial charge in [-0.25, -0.2) is 8.42 Å². The van der Waals surface area contributed by atoms with Gasteiger partial charge in [0.25, 0.3) is 15.7 Å². The quantitative estimate of drug-likeness (QED) is 0.475. The maximum Gasteiger partial charge on any atom is 0.275 e. The summed E-state index contributed by atoms with van der Waals surface area (Å²) < 4.78 is 33.2. The van der Waals surface area contributed by atoms with Crippen molar-refractivity contribution in [3.05, 3.63) is 88.0 Å². The molecule has 0 aliphatic heterocycles. The monoisotopic (exact) mass is 398 g/mol. The zero-order chi connectivity index (χ0) is 20.3. The molecule has 0 fully saturated rings. The largest absolute Gasteiger partial charge is 0.457 e. The molecule has 0 aromatic heterocycles. The first-order chi connectivity index (χ1) is 13.2. The molecule has 0 aliphatic rings. The van der Waals surface area contributed by atoms with Crippen LogP contribution in [-0.2, 0) is 10.0 Å². The topological polar surface area (TPSA) is 98.5 Å². The molecule has 8 heteroatoms. The van der Waals surface area contributed by atoms with E-state index in [1.165, 1.54) is 24.3 Å². The number of rotatable bonds is 6. The minimum Gasteiger partial charge on any atom is -0.457 e. The number of anilines is 1. The fourth-order valence-corrected chi connectivity index (χ4v) is 3.52. The predicted octanol–water partition coefficient (Wildman–Crippen LogP) is 4.80. The van der Waals surface area contributed by atoms with Gasteiger partial charge in [0.15, 0.2) is 0 Å². The normalized spacial score (nSPS) is 11.1. The molecule has 0 unspecified atom stereocenters. The van der Waals surface area contributed by atoms with Gasteiger partial charge < -0.3 is 4.74 Å². The Bertz CT molecular complexity index is 1110. The number of hydrogen-bond donors (Lipinski definition) is 1. The lowest BCUT2D eigenvalue weighted by Crippen LogP contribution is -2.13. The van der Waals surface area contributed by atoms with Gasteiger partial charge in [-0.2, -0.15) is 0 Å². The Labute approximate surface area is 162 Å². The average Bonchev–Trinajstić information content (AvgIpc) is 2.63. The number of hydrogen-bond acceptors (Lipinski definition) is 5. The average molecular weight is 398 g/mol. The van der Waals surface area contributed by atoms with Crippen molar-refractivity contribution in [2.75, 3.05) is 4.72 Å². The van der Waals surface area contributed by atoms with Crippen molar-refractivity contribution in [2.24, 2.45) is 0 Å². The van der Waals surface area contributed by atoms with Crippen molar-refractivity contribution < 1.29 is 18.1 Å². The molecular formula is C20H18N2O5S. The first-order valence-electron chi connectivity index (χ1n) is 8.36. The maximum absolute atomic E-state index is 12.6. The Morgan fingerprint density at radius 1 is 0.857 bits per heavy atom. The maximum atomic E-state index is 12.6. The lowest BCUT2D eigenvalue weighted by molar-refractivity contribution is -0.384. The van der Waals surface area contributed by atoms with E-state index in [0.29, 0.717) is 5.75 Å². The minimum atomic E-state index is -3.90. The van der Waals surface area contributed by atoms with Gasteiger partial charge in [-0.3, -0.25) is 14.8 Å². The number of non-ortho nitro benzene ring substituents is 1. The molecule has 0 saturated carbocycles. The third-order valence-electron chi connectivity index (χ3n) is 3.94.